The van der Waals surface area contributed by atoms with Gasteiger partial charge < -0.3 is 10.1 Å². The molecule has 1 fully saturated rings. The highest BCUT2D eigenvalue weighted by Crippen LogP contribution is 2.24. The maximum atomic E-state index is 12.2. The van der Waals surface area contributed by atoms with Crippen LogP contribution < -0.4 is 10.1 Å². The number of halogens is 1. The molecule has 0 saturated heterocycles. The Hall–Kier alpha value is -1.22. The lowest BCUT2D eigenvalue weighted by Gasteiger charge is -2.30. The van der Waals surface area contributed by atoms with Crippen molar-refractivity contribution in [1.82, 2.24) is 5.32 Å². The first-order valence-corrected chi connectivity index (χ1v) is 7.66. The standard InChI is InChI=1S/C16H22ClNO2/c1-11-6-3-4-9-15(11)18-16(19)12(2)20-14-8-5-7-13(17)10-14/h5,7-8,10-12,15H,3-4,6,9H2,1-2H3,(H,18,19)/t11-,12-,15+/m1/s1. The smallest absolute Gasteiger partial charge is 0.261 e. The SMILES string of the molecule is C[C@@H]1CCCC[C@@H]1NC(=O)[C@@H](C)Oc1cccc(Cl)c1. The van der Waals surface area contributed by atoms with Crippen molar-refractivity contribution in [3.8, 4) is 5.75 Å². The lowest BCUT2D eigenvalue weighted by molar-refractivity contribution is -0.128. The first-order chi connectivity index (χ1) is 9.56. The van der Waals surface area contributed by atoms with Crippen LogP contribution in [0.3, 0.4) is 0 Å². The molecular formula is C16H22ClNO2. The fourth-order valence-electron chi connectivity index (χ4n) is 2.63. The third-order valence-corrected chi connectivity index (χ3v) is 4.15. The fraction of sp³-hybridized carbons (Fsp3) is 0.562. The molecular weight excluding hydrogens is 274 g/mol. The quantitative estimate of drug-likeness (QED) is 0.917. The van der Waals surface area contributed by atoms with Crippen molar-refractivity contribution in [2.45, 2.75) is 51.7 Å². The molecule has 0 bridgehead atoms. The van der Waals surface area contributed by atoms with Crippen LogP contribution in [0.25, 0.3) is 0 Å². The Bertz CT molecular complexity index is 464. The summed E-state index contributed by atoms with van der Waals surface area (Å²) in [6.07, 6.45) is 4.20. The van der Waals surface area contributed by atoms with Crippen molar-refractivity contribution in [2.75, 3.05) is 0 Å². The van der Waals surface area contributed by atoms with Gasteiger partial charge in [-0.3, -0.25) is 4.79 Å². The summed E-state index contributed by atoms with van der Waals surface area (Å²) in [6.45, 7) is 3.97. The van der Waals surface area contributed by atoms with Crippen LogP contribution in [0.4, 0.5) is 0 Å². The lowest BCUT2D eigenvalue weighted by Crippen LogP contribution is -2.46. The number of rotatable bonds is 4. The van der Waals surface area contributed by atoms with Crippen LogP contribution in [0.2, 0.25) is 5.02 Å². The van der Waals surface area contributed by atoms with Crippen LogP contribution in [0, 0.1) is 5.92 Å². The molecule has 1 N–H and O–H groups in total. The monoisotopic (exact) mass is 295 g/mol. The van der Waals surface area contributed by atoms with Crippen LogP contribution in [-0.2, 0) is 4.79 Å². The van der Waals surface area contributed by atoms with E-state index in [0.717, 1.165) is 6.42 Å². The Labute approximate surface area is 125 Å². The Balaban J connectivity index is 1.88. The highest BCUT2D eigenvalue weighted by Gasteiger charge is 2.25. The number of amides is 1. The van der Waals surface area contributed by atoms with Crippen LogP contribution in [0.15, 0.2) is 24.3 Å². The number of carbonyl (C=O) groups excluding carboxylic acids is 1. The van der Waals surface area contributed by atoms with Gasteiger partial charge in [-0.05, 0) is 43.9 Å². The van der Waals surface area contributed by atoms with Gasteiger partial charge in [0.2, 0.25) is 0 Å². The maximum Gasteiger partial charge on any atom is 0.261 e. The molecule has 0 aromatic heterocycles. The summed E-state index contributed by atoms with van der Waals surface area (Å²) in [5.74, 6) is 1.12. The van der Waals surface area contributed by atoms with Gasteiger partial charge in [0.1, 0.15) is 5.75 Å². The van der Waals surface area contributed by atoms with Gasteiger partial charge in [0, 0.05) is 11.1 Å². The average molecular weight is 296 g/mol. The third-order valence-electron chi connectivity index (χ3n) is 3.92. The summed E-state index contributed by atoms with van der Waals surface area (Å²) in [7, 11) is 0. The number of benzene rings is 1. The van der Waals surface area contributed by atoms with E-state index in [1.54, 1.807) is 25.1 Å². The predicted molar refractivity (Wildman–Crippen MR) is 81.1 cm³/mol. The van der Waals surface area contributed by atoms with E-state index in [0.29, 0.717) is 16.7 Å². The van der Waals surface area contributed by atoms with Crippen LogP contribution in [-0.4, -0.2) is 18.1 Å². The third kappa shape index (κ3) is 4.14. The van der Waals surface area contributed by atoms with E-state index in [2.05, 4.69) is 12.2 Å². The highest BCUT2D eigenvalue weighted by atomic mass is 35.5. The molecule has 0 unspecified atom stereocenters. The maximum absolute atomic E-state index is 12.2. The van der Waals surface area contributed by atoms with E-state index >= 15 is 0 Å². The van der Waals surface area contributed by atoms with Crippen LogP contribution in [0.1, 0.15) is 39.5 Å². The minimum absolute atomic E-state index is 0.0521. The number of hydrogen-bond acceptors (Lipinski definition) is 2. The van der Waals surface area contributed by atoms with E-state index < -0.39 is 6.10 Å². The summed E-state index contributed by atoms with van der Waals surface area (Å²) < 4.78 is 5.64. The Morgan fingerprint density at radius 1 is 1.40 bits per heavy atom. The second-order valence-electron chi connectivity index (χ2n) is 5.59. The van der Waals surface area contributed by atoms with Gasteiger partial charge in [0.05, 0.1) is 0 Å². The number of ether oxygens (including phenoxy) is 1. The van der Waals surface area contributed by atoms with Gasteiger partial charge in [-0.25, -0.2) is 0 Å². The van der Waals surface area contributed by atoms with Crippen molar-refractivity contribution in [1.29, 1.82) is 0 Å². The molecule has 0 radical (unpaired) electrons. The van der Waals surface area contributed by atoms with Crippen molar-refractivity contribution >= 4 is 17.5 Å². The molecule has 20 heavy (non-hydrogen) atoms. The molecule has 3 atom stereocenters. The molecule has 110 valence electrons. The summed E-state index contributed by atoms with van der Waals surface area (Å²) in [5.41, 5.74) is 0. The highest BCUT2D eigenvalue weighted by molar-refractivity contribution is 6.30. The molecule has 4 heteroatoms. The topological polar surface area (TPSA) is 38.3 Å². The van der Waals surface area contributed by atoms with Crippen LogP contribution >= 0.6 is 11.6 Å². The number of hydrogen-bond donors (Lipinski definition) is 1. The Morgan fingerprint density at radius 2 is 2.15 bits per heavy atom. The molecule has 0 spiro atoms. The van der Waals surface area contributed by atoms with E-state index in [1.165, 1.54) is 19.3 Å². The Kier molecular flexibility index (Phi) is 5.30. The molecule has 1 aliphatic rings. The summed E-state index contributed by atoms with van der Waals surface area (Å²) >= 11 is 5.90. The van der Waals surface area contributed by atoms with Gasteiger partial charge in [-0.15, -0.1) is 0 Å². The molecule has 3 nitrogen and oxygen atoms in total. The van der Waals surface area contributed by atoms with Crippen LogP contribution in [0.5, 0.6) is 5.75 Å². The van der Waals surface area contributed by atoms with Crippen molar-refractivity contribution in [2.24, 2.45) is 5.92 Å². The van der Waals surface area contributed by atoms with Gasteiger partial charge in [-0.1, -0.05) is 37.4 Å². The van der Waals surface area contributed by atoms with E-state index in [-0.39, 0.29) is 11.9 Å². The predicted octanol–water partition coefficient (Wildman–Crippen LogP) is 3.80. The minimum atomic E-state index is -0.511. The first-order valence-electron chi connectivity index (χ1n) is 7.29. The second kappa shape index (κ2) is 6.98. The van der Waals surface area contributed by atoms with E-state index in [1.807, 2.05) is 6.07 Å². The molecule has 1 amide bonds. The zero-order valence-electron chi connectivity index (χ0n) is 12.1. The molecule has 1 saturated carbocycles. The van der Waals surface area contributed by atoms with Crippen molar-refractivity contribution < 1.29 is 9.53 Å². The number of nitrogens with one attached hydrogen (secondary N) is 1. The van der Waals surface area contributed by atoms with Gasteiger partial charge in [0.25, 0.3) is 5.91 Å². The zero-order chi connectivity index (χ0) is 14.5. The number of carbonyl (C=O) groups is 1. The second-order valence-corrected chi connectivity index (χ2v) is 6.03. The fourth-order valence-corrected chi connectivity index (χ4v) is 2.81. The molecule has 2 rings (SSSR count). The summed E-state index contributed by atoms with van der Waals surface area (Å²) in [4.78, 5) is 12.2. The normalized spacial score (nSPS) is 23.9. The Morgan fingerprint density at radius 3 is 2.85 bits per heavy atom. The zero-order valence-corrected chi connectivity index (χ0v) is 12.8. The van der Waals surface area contributed by atoms with Crippen molar-refractivity contribution in [3.63, 3.8) is 0 Å². The van der Waals surface area contributed by atoms with Gasteiger partial charge in [0.15, 0.2) is 6.10 Å². The molecule has 1 aromatic carbocycles. The van der Waals surface area contributed by atoms with E-state index in [9.17, 15) is 4.79 Å². The first kappa shape index (κ1) is 15.2. The largest absolute Gasteiger partial charge is 0.481 e. The molecule has 0 heterocycles. The minimum Gasteiger partial charge on any atom is -0.481 e. The molecule has 0 aliphatic heterocycles. The summed E-state index contributed by atoms with van der Waals surface area (Å²) in [5, 5.41) is 3.71. The van der Waals surface area contributed by atoms with Gasteiger partial charge >= 0.3 is 0 Å². The van der Waals surface area contributed by atoms with Gasteiger partial charge in [-0.2, -0.15) is 0 Å². The molecule has 1 aliphatic carbocycles. The van der Waals surface area contributed by atoms with Crippen molar-refractivity contribution in [3.05, 3.63) is 29.3 Å². The molecule has 1 aromatic rings. The lowest BCUT2D eigenvalue weighted by atomic mass is 9.86. The summed E-state index contributed by atoms with van der Waals surface area (Å²) in [6, 6.07) is 7.39. The van der Waals surface area contributed by atoms with E-state index in [4.69, 9.17) is 16.3 Å². The average Bonchev–Trinajstić information content (AvgIpc) is 2.41.